The second-order valence-electron chi connectivity index (χ2n) is 2.81. The zero-order valence-electron chi connectivity index (χ0n) is 7.85. The number of esters is 1. The average Bonchev–Trinajstić information content (AvgIpc) is 2.25. The minimum absolute atomic E-state index is 0.129. The minimum atomic E-state index is -0.365. The van der Waals surface area contributed by atoms with Crippen molar-refractivity contribution < 1.29 is 14.6 Å². The molecular formula is C10H13NO3. The van der Waals surface area contributed by atoms with Gasteiger partial charge in [0.05, 0.1) is 12.2 Å². The van der Waals surface area contributed by atoms with Crippen LogP contribution < -0.4 is 0 Å². The van der Waals surface area contributed by atoms with Crippen LogP contribution in [0.25, 0.3) is 0 Å². The smallest absolute Gasteiger partial charge is 0.339 e. The lowest BCUT2D eigenvalue weighted by molar-refractivity contribution is 0.0492. The summed E-state index contributed by atoms with van der Waals surface area (Å²) in [6.45, 7) is 0.471. The van der Waals surface area contributed by atoms with Gasteiger partial charge in [-0.1, -0.05) is 0 Å². The molecule has 0 saturated carbocycles. The molecule has 14 heavy (non-hydrogen) atoms. The molecule has 1 aromatic heterocycles. The molecule has 1 N–H and O–H groups in total. The summed E-state index contributed by atoms with van der Waals surface area (Å²) in [5.41, 5.74) is 0.455. The molecule has 0 bridgehead atoms. The van der Waals surface area contributed by atoms with Gasteiger partial charge < -0.3 is 9.84 Å². The third-order valence-electron chi connectivity index (χ3n) is 1.68. The van der Waals surface area contributed by atoms with E-state index >= 15 is 0 Å². The second kappa shape index (κ2) is 6.10. The van der Waals surface area contributed by atoms with E-state index in [1.165, 1.54) is 6.20 Å². The molecule has 0 atom stereocenters. The Morgan fingerprint density at radius 2 is 2.36 bits per heavy atom. The summed E-state index contributed by atoms with van der Waals surface area (Å²) >= 11 is 0. The molecule has 76 valence electrons. The van der Waals surface area contributed by atoms with Crippen molar-refractivity contribution in [3.8, 4) is 0 Å². The van der Waals surface area contributed by atoms with Crippen LogP contribution in [0.4, 0.5) is 0 Å². The number of ether oxygens (including phenoxy) is 1. The number of hydrogen-bond acceptors (Lipinski definition) is 4. The number of carbonyl (C=O) groups excluding carboxylic acids is 1. The second-order valence-corrected chi connectivity index (χ2v) is 2.81. The molecule has 0 amide bonds. The molecule has 0 fully saturated rings. The number of unbranched alkanes of at least 4 members (excludes halogenated alkanes) is 1. The van der Waals surface area contributed by atoms with Crippen LogP contribution in [0.15, 0.2) is 24.5 Å². The fraction of sp³-hybridized carbons (Fsp3) is 0.400. The van der Waals surface area contributed by atoms with Crippen molar-refractivity contribution in [1.29, 1.82) is 0 Å². The number of hydrogen-bond donors (Lipinski definition) is 1. The average molecular weight is 195 g/mol. The SMILES string of the molecule is O=C(OCCCCO)c1cccnc1. The van der Waals surface area contributed by atoms with Crippen LogP contribution >= 0.6 is 0 Å². The largest absolute Gasteiger partial charge is 0.462 e. The molecule has 1 rings (SSSR count). The van der Waals surface area contributed by atoms with Crippen LogP contribution in [0.1, 0.15) is 23.2 Å². The highest BCUT2D eigenvalue weighted by atomic mass is 16.5. The van der Waals surface area contributed by atoms with Crippen molar-refractivity contribution in [2.45, 2.75) is 12.8 Å². The molecule has 0 aliphatic heterocycles. The monoisotopic (exact) mass is 195 g/mol. The Bertz CT molecular complexity index is 274. The first kappa shape index (κ1) is 10.7. The molecule has 0 aliphatic carbocycles. The fourth-order valence-electron chi connectivity index (χ4n) is 0.946. The van der Waals surface area contributed by atoms with Crippen molar-refractivity contribution in [1.82, 2.24) is 4.98 Å². The van der Waals surface area contributed by atoms with Crippen LogP contribution in [0.5, 0.6) is 0 Å². The topological polar surface area (TPSA) is 59.4 Å². The first-order valence-electron chi connectivity index (χ1n) is 4.52. The van der Waals surface area contributed by atoms with E-state index in [-0.39, 0.29) is 12.6 Å². The van der Waals surface area contributed by atoms with E-state index in [9.17, 15) is 4.79 Å². The van der Waals surface area contributed by atoms with Gasteiger partial charge in [-0.2, -0.15) is 0 Å². The maximum atomic E-state index is 11.3. The van der Waals surface area contributed by atoms with Crippen LogP contribution in [0.3, 0.4) is 0 Å². The first-order chi connectivity index (χ1) is 6.84. The summed E-state index contributed by atoms with van der Waals surface area (Å²) in [5.74, 6) is -0.365. The van der Waals surface area contributed by atoms with Crippen molar-refractivity contribution in [3.05, 3.63) is 30.1 Å². The molecule has 0 aliphatic rings. The number of nitrogens with zero attached hydrogens (tertiary/aromatic N) is 1. The maximum absolute atomic E-state index is 11.3. The van der Waals surface area contributed by atoms with E-state index < -0.39 is 0 Å². The Hall–Kier alpha value is -1.42. The Balaban J connectivity index is 2.29. The van der Waals surface area contributed by atoms with E-state index in [0.717, 1.165) is 0 Å². The van der Waals surface area contributed by atoms with Crippen molar-refractivity contribution in [3.63, 3.8) is 0 Å². The molecule has 0 aromatic carbocycles. The van der Waals surface area contributed by atoms with Crippen molar-refractivity contribution >= 4 is 5.97 Å². The summed E-state index contributed by atoms with van der Waals surface area (Å²) in [6.07, 6.45) is 4.40. The van der Waals surface area contributed by atoms with Gasteiger partial charge in [0, 0.05) is 19.0 Å². The van der Waals surface area contributed by atoms with Gasteiger partial charge in [0.2, 0.25) is 0 Å². The van der Waals surface area contributed by atoms with E-state index in [1.54, 1.807) is 18.3 Å². The number of carbonyl (C=O) groups is 1. The van der Waals surface area contributed by atoms with Gasteiger partial charge in [-0.05, 0) is 25.0 Å². The molecule has 0 radical (unpaired) electrons. The number of rotatable bonds is 5. The van der Waals surface area contributed by atoms with E-state index in [4.69, 9.17) is 9.84 Å². The number of aliphatic hydroxyl groups excluding tert-OH is 1. The van der Waals surface area contributed by atoms with Gasteiger partial charge in [0.25, 0.3) is 0 Å². The van der Waals surface area contributed by atoms with Crippen molar-refractivity contribution in [2.24, 2.45) is 0 Å². The summed E-state index contributed by atoms with van der Waals surface area (Å²) in [6, 6.07) is 3.34. The highest BCUT2D eigenvalue weighted by Gasteiger charge is 2.05. The van der Waals surface area contributed by atoms with Crippen LogP contribution in [0, 0.1) is 0 Å². The lowest BCUT2D eigenvalue weighted by atomic mass is 10.3. The third kappa shape index (κ3) is 3.53. The Kier molecular flexibility index (Phi) is 4.64. The normalized spacial score (nSPS) is 9.79. The maximum Gasteiger partial charge on any atom is 0.339 e. The predicted molar refractivity (Wildman–Crippen MR) is 50.8 cm³/mol. The lowest BCUT2D eigenvalue weighted by Crippen LogP contribution is -2.06. The molecule has 4 nitrogen and oxygen atoms in total. The van der Waals surface area contributed by atoms with Crippen LogP contribution in [0.2, 0.25) is 0 Å². The van der Waals surface area contributed by atoms with Crippen LogP contribution in [-0.4, -0.2) is 29.3 Å². The zero-order valence-corrected chi connectivity index (χ0v) is 7.85. The predicted octanol–water partition coefficient (Wildman–Crippen LogP) is 1.01. The zero-order chi connectivity index (χ0) is 10.2. The summed E-state index contributed by atoms with van der Waals surface area (Å²) in [7, 11) is 0. The van der Waals surface area contributed by atoms with E-state index in [1.807, 2.05) is 0 Å². The first-order valence-corrected chi connectivity index (χ1v) is 4.52. The molecule has 0 saturated heterocycles. The summed E-state index contributed by atoms with van der Waals surface area (Å²) in [4.78, 5) is 15.1. The molecular weight excluding hydrogens is 182 g/mol. The number of aliphatic hydroxyl groups is 1. The van der Waals surface area contributed by atoms with Gasteiger partial charge in [0.1, 0.15) is 0 Å². The highest BCUT2D eigenvalue weighted by Crippen LogP contribution is 1.99. The minimum Gasteiger partial charge on any atom is -0.462 e. The molecule has 1 heterocycles. The quantitative estimate of drug-likeness (QED) is 0.562. The molecule has 0 spiro atoms. The van der Waals surface area contributed by atoms with Crippen LogP contribution in [-0.2, 0) is 4.74 Å². The summed E-state index contributed by atoms with van der Waals surface area (Å²) < 4.78 is 4.94. The number of pyridine rings is 1. The van der Waals surface area contributed by atoms with Gasteiger partial charge in [0.15, 0.2) is 0 Å². The standard InChI is InChI=1S/C10H13NO3/c12-6-1-2-7-14-10(13)9-4-3-5-11-8-9/h3-5,8,12H,1-2,6-7H2. The number of aromatic nitrogens is 1. The molecule has 1 aromatic rings. The fourth-order valence-corrected chi connectivity index (χ4v) is 0.946. The summed E-state index contributed by atoms with van der Waals surface area (Å²) in [5, 5.41) is 8.50. The van der Waals surface area contributed by atoms with Gasteiger partial charge in [-0.3, -0.25) is 4.98 Å². The highest BCUT2D eigenvalue weighted by molar-refractivity contribution is 5.88. The Morgan fingerprint density at radius 1 is 1.50 bits per heavy atom. The molecule has 4 heteroatoms. The lowest BCUT2D eigenvalue weighted by Gasteiger charge is -2.02. The molecule has 0 unspecified atom stereocenters. The van der Waals surface area contributed by atoms with Gasteiger partial charge >= 0.3 is 5.97 Å². The third-order valence-corrected chi connectivity index (χ3v) is 1.68. The van der Waals surface area contributed by atoms with Gasteiger partial charge in [-0.25, -0.2) is 4.79 Å². The Morgan fingerprint density at radius 3 is 3.00 bits per heavy atom. The van der Waals surface area contributed by atoms with Gasteiger partial charge in [-0.15, -0.1) is 0 Å². The van der Waals surface area contributed by atoms with E-state index in [0.29, 0.717) is 25.0 Å². The van der Waals surface area contributed by atoms with Crippen molar-refractivity contribution in [2.75, 3.05) is 13.2 Å². The van der Waals surface area contributed by atoms with E-state index in [2.05, 4.69) is 4.98 Å². The Labute approximate surface area is 82.5 Å².